The number of carbonyl (C=O) groups is 1. The zero-order chi connectivity index (χ0) is 10.1. The summed E-state index contributed by atoms with van der Waals surface area (Å²) in [5.41, 5.74) is 6.49. The number of amides is 1. The van der Waals surface area contributed by atoms with Gasteiger partial charge in [0.1, 0.15) is 0 Å². The molecule has 0 spiro atoms. The second kappa shape index (κ2) is 6.39. The Morgan fingerprint density at radius 3 is 2.88 bits per heavy atom. The van der Waals surface area contributed by atoms with Gasteiger partial charge in [-0.2, -0.15) is 0 Å². The average molecular weight is 284 g/mol. The lowest BCUT2D eigenvalue weighted by molar-refractivity contribution is -0.130. The van der Waals surface area contributed by atoms with Gasteiger partial charge < -0.3 is 10.6 Å². The van der Waals surface area contributed by atoms with E-state index in [1.807, 2.05) is 6.92 Å². The summed E-state index contributed by atoms with van der Waals surface area (Å²) in [5.74, 6) is 0.0294. The Labute approximate surface area is 111 Å². The summed E-state index contributed by atoms with van der Waals surface area (Å²) in [5, 5.41) is 1.08. The number of thiazole rings is 1. The molecular formula is C9H15Cl2N3OS. The Hall–Kier alpha value is -0.360. The maximum atomic E-state index is 11.4. The molecule has 0 saturated carbocycles. The molecule has 0 aromatic carbocycles. The van der Waals surface area contributed by atoms with Crippen molar-refractivity contribution >= 4 is 42.1 Å². The third-order valence-electron chi connectivity index (χ3n) is 2.37. The minimum atomic E-state index is 0. The van der Waals surface area contributed by atoms with Crippen molar-refractivity contribution < 1.29 is 4.79 Å². The molecule has 0 aliphatic carbocycles. The van der Waals surface area contributed by atoms with E-state index in [1.54, 1.807) is 16.2 Å². The van der Waals surface area contributed by atoms with Crippen LogP contribution in [0.5, 0.6) is 0 Å². The van der Waals surface area contributed by atoms with E-state index in [-0.39, 0.29) is 37.3 Å². The van der Waals surface area contributed by atoms with Gasteiger partial charge in [0.05, 0.1) is 23.8 Å². The predicted molar refractivity (Wildman–Crippen MR) is 69.5 cm³/mol. The monoisotopic (exact) mass is 283 g/mol. The van der Waals surface area contributed by atoms with Crippen molar-refractivity contribution in [2.45, 2.75) is 19.9 Å². The van der Waals surface area contributed by atoms with Gasteiger partial charge in [-0.25, -0.2) is 4.98 Å². The Bertz CT molecular complexity index is 370. The van der Waals surface area contributed by atoms with Crippen LogP contribution in [0.15, 0.2) is 0 Å². The molecule has 2 N–H and O–H groups in total. The van der Waals surface area contributed by atoms with Gasteiger partial charge in [0.2, 0.25) is 5.91 Å². The zero-order valence-electron chi connectivity index (χ0n) is 8.93. The van der Waals surface area contributed by atoms with Gasteiger partial charge in [-0.05, 0) is 6.92 Å². The summed E-state index contributed by atoms with van der Waals surface area (Å²) in [6.07, 6.45) is 0.866. The van der Waals surface area contributed by atoms with Crippen LogP contribution < -0.4 is 5.73 Å². The number of nitrogens with zero attached hydrogens (tertiary/aromatic N) is 2. The molecule has 0 atom stereocenters. The van der Waals surface area contributed by atoms with Gasteiger partial charge in [-0.15, -0.1) is 36.2 Å². The third-order valence-corrected chi connectivity index (χ3v) is 3.36. The lowest BCUT2D eigenvalue weighted by Gasteiger charge is -2.25. The summed E-state index contributed by atoms with van der Waals surface area (Å²) >= 11 is 1.68. The predicted octanol–water partition coefficient (Wildman–Crippen LogP) is 1.14. The van der Waals surface area contributed by atoms with Crippen LogP contribution in [0.25, 0.3) is 0 Å². The molecule has 0 fully saturated rings. The van der Waals surface area contributed by atoms with Gasteiger partial charge in [0.25, 0.3) is 0 Å². The van der Waals surface area contributed by atoms with Crippen LogP contribution in [-0.4, -0.2) is 28.9 Å². The molecular weight excluding hydrogens is 269 g/mol. The quantitative estimate of drug-likeness (QED) is 0.841. The van der Waals surface area contributed by atoms with Crippen LogP contribution in [0.1, 0.15) is 15.6 Å². The number of hydrogen-bond acceptors (Lipinski definition) is 4. The molecule has 0 unspecified atom stereocenters. The van der Waals surface area contributed by atoms with E-state index >= 15 is 0 Å². The number of hydrogen-bond donors (Lipinski definition) is 1. The van der Waals surface area contributed by atoms with Crippen LogP contribution in [-0.2, 0) is 17.8 Å². The van der Waals surface area contributed by atoms with E-state index in [0.29, 0.717) is 6.54 Å². The maximum absolute atomic E-state index is 11.4. The molecule has 2 heterocycles. The molecule has 1 amide bonds. The molecule has 0 radical (unpaired) electrons. The molecule has 0 saturated heterocycles. The first-order valence-corrected chi connectivity index (χ1v) is 5.45. The van der Waals surface area contributed by atoms with Crippen molar-refractivity contribution in [3.63, 3.8) is 0 Å². The van der Waals surface area contributed by atoms with Crippen LogP contribution in [0, 0.1) is 6.92 Å². The Kier molecular flexibility index (Phi) is 6.25. The summed E-state index contributed by atoms with van der Waals surface area (Å²) < 4.78 is 0. The minimum Gasteiger partial charge on any atom is -0.336 e. The standard InChI is InChI=1S/C9H13N3OS.2ClH/c1-6-11-7-2-3-12(9(13)4-10)5-8(7)14-6;;/h2-5,10H2,1H3;2*1H. The minimum absolute atomic E-state index is 0. The van der Waals surface area contributed by atoms with Crippen molar-refractivity contribution in [1.82, 2.24) is 9.88 Å². The molecule has 92 valence electrons. The van der Waals surface area contributed by atoms with Gasteiger partial charge in [-0.1, -0.05) is 0 Å². The third kappa shape index (κ3) is 3.07. The first-order chi connectivity index (χ1) is 6.70. The normalized spacial score (nSPS) is 13.5. The van der Waals surface area contributed by atoms with Crippen molar-refractivity contribution in [2.75, 3.05) is 13.1 Å². The molecule has 1 aromatic rings. The summed E-state index contributed by atoms with van der Waals surface area (Å²) in [4.78, 5) is 18.8. The average Bonchev–Trinajstić information content (AvgIpc) is 2.55. The number of aryl methyl sites for hydroxylation is 1. The highest BCUT2D eigenvalue weighted by atomic mass is 35.5. The van der Waals surface area contributed by atoms with Gasteiger partial charge in [0.15, 0.2) is 0 Å². The summed E-state index contributed by atoms with van der Waals surface area (Å²) in [6, 6.07) is 0. The number of aromatic nitrogens is 1. The van der Waals surface area contributed by atoms with E-state index in [2.05, 4.69) is 4.98 Å². The number of fused-ring (bicyclic) bond motifs is 1. The Balaban J connectivity index is 0.00000112. The molecule has 16 heavy (non-hydrogen) atoms. The first-order valence-electron chi connectivity index (χ1n) is 4.63. The van der Waals surface area contributed by atoms with Crippen molar-refractivity contribution in [1.29, 1.82) is 0 Å². The molecule has 1 aliphatic rings. The second-order valence-electron chi connectivity index (χ2n) is 3.37. The smallest absolute Gasteiger partial charge is 0.236 e. The fourth-order valence-corrected chi connectivity index (χ4v) is 2.66. The van der Waals surface area contributed by atoms with Gasteiger partial charge in [-0.3, -0.25) is 4.79 Å². The number of nitrogens with two attached hydrogens (primary N) is 1. The summed E-state index contributed by atoms with van der Waals surface area (Å²) in [6.45, 7) is 3.55. The lowest BCUT2D eigenvalue weighted by atomic mass is 10.2. The van der Waals surface area contributed by atoms with Gasteiger partial charge >= 0.3 is 0 Å². The van der Waals surface area contributed by atoms with E-state index < -0.39 is 0 Å². The largest absolute Gasteiger partial charge is 0.336 e. The maximum Gasteiger partial charge on any atom is 0.236 e. The molecule has 4 nitrogen and oxygen atoms in total. The SMILES string of the molecule is Cc1nc2c(s1)CN(C(=O)CN)CC2.Cl.Cl. The molecule has 2 rings (SSSR count). The van der Waals surface area contributed by atoms with Crippen molar-refractivity contribution in [2.24, 2.45) is 5.73 Å². The number of rotatable bonds is 1. The Morgan fingerprint density at radius 2 is 2.25 bits per heavy atom. The summed E-state index contributed by atoms with van der Waals surface area (Å²) in [7, 11) is 0. The van der Waals surface area contributed by atoms with Crippen LogP contribution in [0.3, 0.4) is 0 Å². The molecule has 1 aliphatic heterocycles. The molecule has 1 aromatic heterocycles. The van der Waals surface area contributed by atoms with E-state index in [4.69, 9.17) is 5.73 Å². The van der Waals surface area contributed by atoms with Crippen LogP contribution in [0.2, 0.25) is 0 Å². The fourth-order valence-electron chi connectivity index (χ4n) is 1.67. The number of halogens is 2. The van der Waals surface area contributed by atoms with Crippen molar-refractivity contribution in [3.05, 3.63) is 15.6 Å². The fraction of sp³-hybridized carbons (Fsp3) is 0.556. The molecule has 0 bridgehead atoms. The van der Waals surface area contributed by atoms with Crippen LogP contribution in [0.4, 0.5) is 0 Å². The highest BCUT2D eigenvalue weighted by molar-refractivity contribution is 7.11. The zero-order valence-corrected chi connectivity index (χ0v) is 11.4. The van der Waals surface area contributed by atoms with Gasteiger partial charge in [0, 0.05) is 17.8 Å². The highest BCUT2D eigenvalue weighted by Gasteiger charge is 2.22. The van der Waals surface area contributed by atoms with Crippen molar-refractivity contribution in [3.8, 4) is 0 Å². The van der Waals surface area contributed by atoms with Crippen LogP contribution >= 0.6 is 36.2 Å². The lowest BCUT2D eigenvalue weighted by Crippen LogP contribution is -2.39. The van der Waals surface area contributed by atoms with E-state index in [9.17, 15) is 4.79 Å². The first kappa shape index (κ1) is 15.6. The topological polar surface area (TPSA) is 59.2 Å². The highest BCUT2D eigenvalue weighted by Crippen LogP contribution is 2.24. The molecule has 7 heteroatoms. The van der Waals surface area contributed by atoms with E-state index in [0.717, 1.165) is 23.7 Å². The Morgan fingerprint density at radius 1 is 1.56 bits per heavy atom. The second-order valence-corrected chi connectivity index (χ2v) is 4.66. The van der Waals surface area contributed by atoms with E-state index in [1.165, 1.54) is 4.88 Å². The number of carbonyl (C=O) groups excluding carboxylic acids is 1.